The van der Waals surface area contributed by atoms with Crippen LogP contribution in [0.15, 0.2) is 48.5 Å². The Hall–Kier alpha value is -3.88. The van der Waals surface area contributed by atoms with Crippen LogP contribution in [0.4, 0.5) is 5.69 Å². The summed E-state index contributed by atoms with van der Waals surface area (Å²) in [4.78, 5) is 25.8. The molecule has 0 unspecified atom stereocenters. The Morgan fingerprint density at radius 1 is 1.03 bits per heavy atom. The van der Waals surface area contributed by atoms with Gasteiger partial charge in [-0.1, -0.05) is 18.2 Å². The van der Waals surface area contributed by atoms with E-state index < -0.39 is 18.5 Å². The van der Waals surface area contributed by atoms with Gasteiger partial charge in [-0.3, -0.25) is 4.79 Å². The summed E-state index contributed by atoms with van der Waals surface area (Å²) < 4.78 is 15.4. The molecule has 1 N–H and O–H groups in total. The summed E-state index contributed by atoms with van der Waals surface area (Å²) in [7, 11) is 3.01. The van der Waals surface area contributed by atoms with Crippen molar-refractivity contribution in [3.63, 3.8) is 0 Å². The highest BCUT2D eigenvalue weighted by molar-refractivity contribution is 5.96. The molecule has 150 valence electrons. The van der Waals surface area contributed by atoms with Crippen molar-refractivity contribution in [2.75, 3.05) is 26.1 Å². The van der Waals surface area contributed by atoms with Crippen LogP contribution in [-0.4, -0.2) is 47.7 Å². The van der Waals surface area contributed by atoms with Crippen LogP contribution in [0.5, 0.6) is 11.5 Å². The molecule has 0 aliphatic carbocycles. The Bertz CT molecular complexity index is 1020. The molecule has 9 heteroatoms. The number of amides is 1. The van der Waals surface area contributed by atoms with Gasteiger partial charge in [-0.25, -0.2) is 4.79 Å². The van der Waals surface area contributed by atoms with Gasteiger partial charge in [0, 0.05) is 6.07 Å². The van der Waals surface area contributed by atoms with E-state index in [4.69, 9.17) is 14.2 Å². The zero-order valence-corrected chi connectivity index (χ0v) is 16.2. The molecule has 2 aromatic carbocycles. The molecule has 9 nitrogen and oxygen atoms in total. The topological polar surface area (TPSA) is 105 Å². The molecular weight excluding hydrogens is 376 g/mol. The number of hydrogen-bond acceptors (Lipinski definition) is 7. The van der Waals surface area contributed by atoms with Gasteiger partial charge in [0.25, 0.3) is 5.91 Å². The van der Waals surface area contributed by atoms with Gasteiger partial charge in [0.2, 0.25) is 0 Å². The quantitative estimate of drug-likeness (QED) is 0.612. The van der Waals surface area contributed by atoms with Crippen LogP contribution in [0.2, 0.25) is 0 Å². The van der Waals surface area contributed by atoms with Crippen LogP contribution in [0.25, 0.3) is 5.69 Å². The zero-order valence-electron chi connectivity index (χ0n) is 16.2. The van der Waals surface area contributed by atoms with Crippen molar-refractivity contribution in [1.29, 1.82) is 0 Å². The summed E-state index contributed by atoms with van der Waals surface area (Å²) in [5, 5.41) is 11.0. The number of aromatic nitrogens is 3. The van der Waals surface area contributed by atoms with E-state index in [0.29, 0.717) is 28.6 Å². The van der Waals surface area contributed by atoms with Crippen LogP contribution in [-0.2, 0) is 9.53 Å². The Morgan fingerprint density at radius 3 is 2.48 bits per heavy atom. The molecule has 3 aromatic rings. The number of esters is 1. The van der Waals surface area contributed by atoms with Crippen molar-refractivity contribution in [3.05, 3.63) is 59.9 Å². The summed E-state index contributed by atoms with van der Waals surface area (Å²) >= 11 is 0. The molecular formula is C20H20N4O5. The van der Waals surface area contributed by atoms with E-state index in [9.17, 15) is 9.59 Å². The number of aryl methyl sites for hydroxylation is 1. The molecule has 1 aromatic heterocycles. The average molecular weight is 396 g/mol. The second-order valence-corrected chi connectivity index (χ2v) is 5.95. The molecule has 0 saturated heterocycles. The SMILES string of the molecule is COc1ccc(NC(=O)COC(=O)c2nn(-c3ccccc3)nc2C)c(OC)c1. The average Bonchev–Trinajstić information content (AvgIpc) is 3.14. The largest absolute Gasteiger partial charge is 0.497 e. The van der Waals surface area contributed by atoms with Crippen LogP contribution >= 0.6 is 0 Å². The van der Waals surface area contributed by atoms with Gasteiger partial charge in [0.1, 0.15) is 11.5 Å². The van der Waals surface area contributed by atoms with E-state index in [1.54, 1.807) is 25.1 Å². The van der Waals surface area contributed by atoms with Gasteiger partial charge in [0.15, 0.2) is 12.3 Å². The minimum absolute atomic E-state index is 0.0451. The predicted octanol–water partition coefficient (Wildman–Crippen LogP) is 2.39. The number of carbonyl (C=O) groups excluding carboxylic acids is 2. The van der Waals surface area contributed by atoms with E-state index >= 15 is 0 Å². The van der Waals surface area contributed by atoms with E-state index in [1.165, 1.54) is 19.0 Å². The lowest BCUT2D eigenvalue weighted by Gasteiger charge is -2.11. The fraction of sp³-hybridized carbons (Fsp3) is 0.200. The summed E-state index contributed by atoms with van der Waals surface area (Å²) in [6, 6.07) is 14.1. The molecule has 29 heavy (non-hydrogen) atoms. The van der Waals surface area contributed by atoms with Crippen molar-refractivity contribution in [2.45, 2.75) is 6.92 Å². The highest BCUT2D eigenvalue weighted by atomic mass is 16.5. The number of anilines is 1. The number of carbonyl (C=O) groups is 2. The van der Waals surface area contributed by atoms with Crippen molar-refractivity contribution in [1.82, 2.24) is 15.0 Å². The third kappa shape index (κ3) is 4.70. The molecule has 0 bridgehead atoms. The first-order valence-corrected chi connectivity index (χ1v) is 8.70. The molecule has 0 fully saturated rings. The first kappa shape index (κ1) is 19.9. The summed E-state index contributed by atoms with van der Waals surface area (Å²) in [5.41, 5.74) is 1.58. The van der Waals surface area contributed by atoms with Crippen LogP contribution < -0.4 is 14.8 Å². The van der Waals surface area contributed by atoms with E-state index in [1.807, 2.05) is 30.3 Å². The fourth-order valence-electron chi connectivity index (χ4n) is 2.53. The van der Waals surface area contributed by atoms with E-state index in [-0.39, 0.29) is 5.69 Å². The number of nitrogens with one attached hydrogen (secondary N) is 1. The summed E-state index contributed by atoms with van der Waals surface area (Å²) in [5.74, 6) is -0.245. The number of nitrogens with zero attached hydrogens (tertiary/aromatic N) is 3. The highest BCUT2D eigenvalue weighted by Gasteiger charge is 2.19. The van der Waals surface area contributed by atoms with Gasteiger partial charge >= 0.3 is 5.97 Å². The monoisotopic (exact) mass is 396 g/mol. The third-order valence-corrected chi connectivity index (χ3v) is 3.98. The van der Waals surface area contributed by atoms with Crippen molar-refractivity contribution in [2.24, 2.45) is 0 Å². The minimum atomic E-state index is -0.735. The maximum Gasteiger partial charge on any atom is 0.361 e. The Labute approximate surface area is 167 Å². The Morgan fingerprint density at radius 2 is 1.79 bits per heavy atom. The summed E-state index contributed by atoms with van der Waals surface area (Å²) in [6.45, 7) is 1.16. The van der Waals surface area contributed by atoms with E-state index in [2.05, 4.69) is 15.5 Å². The zero-order chi connectivity index (χ0) is 20.8. The van der Waals surface area contributed by atoms with Crippen LogP contribution in [0.1, 0.15) is 16.2 Å². The second kappa shape index (κ2) is 8.87. The number of benzene rings is 2. The number of rotatable bonds is 7. The molecule has 1 heterocycles. The first-order valence-electron chi connectivity index (χ1n) is 8.70. The minimum Gasteiger partial charge on any atom is -0.497 e. The van der Waals surface area contributed by atoms with Gasteiger partial charge in [-0.05, 0) is 31.2 Å². The van der Waals surface area contributed by atoms with Crippen molar-refractivity contribution in [3.8, 4) is 17.2 Å². The molecule has 0 aliphatic heterocycles. The fourth-order valence-corrected chi connectivity index (χ4v) is 2.53. The molecule has 3 rings (SSSR count). The van der Waals surface area contributed by atoms with Crippen molar-refractivity contribution >= 4 is 17.6 Å². The van der Waals surface area contributed by atoms with Gasteiger partial charge in [0.05, 0.1) is 31.3 Å². The first-order chi connectivity index (χ1) is 14.0. The molecule has 0 saturated carbocycles. The van der Waals surface area contributed by atoms with Gasteiger partial charge in [-0.15, -0.1) is 5.10 Å². The molecule has 0 aliphatic rings. The third-order valence-electron chi connectivity index (χ3n) is 3.98. The summed E-state index contributed by atoms with van der Waals surface area (Å²) in [6.07, 6.45) is 0. The normalized spacial score (nSPS) is 10.3. The Kier molecular flexibility index (Phi) is 6.08. The lowest BCUT2D eigenvalue weighted by Crippen LogP contribution is -2.21. The second-order valence-electron chi connectivity index (χ2n) is 5.95. The molecule has 1 amide bonds. The lowest BCUT2D eigenvalue weighted by atomic mass is 10.2. The predicted molar refractivity (Wildman–Crippen MR) is 105 cm³/mol. The van der Waals surface area contributed by atoms with Crippen LogP contribution in [0.3, 0.4) is 0 Å². The van der Waals surface area contributed by atoms with Crippen LogP contribution in [0, 0.1) is 6.92 Å². The molecule has 0 spiro atoms. The number of methoxy groups -OCH3 is 2. The lowest BCUT2D eigenvalue weighted by molar-refractivity contribution is -0.119. The number of hydrogen-bond donors (Lipinski definition) is 1. The van der Waals surface area contributed by atoms with Gasteiger partial charge in [-0.2, -0.15) is 9.90 Å². The van der Waals surface area contributed by atoms with E-state index in [0.717, 1.165) is 0 Å². The number of ether oxygens (including phenoxy) is 3. The molecule has 0 radical (unpaired) electrons. The van der Waals surface area contributed by atoms with Crippen molar-refractivity contribution < 1.29 is 23.8 Å². The maximum absolute atomic E-state index is 12.3. The molecule has 0 atom stereocenters. The van der Waals surface area contributed by atoms with Gasteiger partial charge < -0.3 is 19.5 Å². The maximum atomic E-state index is 12.3. The standard InChI is InChI=1S/C20H20N4O5/c1-13-19(23-24(22-13)14-7-5-4-6-8-14)20(26)29-12-18(25)21-16-10-9-15(27-2)11-17(16)28-3/h4-11H,12H2,1-3H3,(H,21,25). The Balaban J connectivity index is 1.62. The highest BCUT2D eigenvalue weighted by Crippen LogP contribution is 2.28. The smallest absolute Gasteiger partial charge is 0.361 e. The number of para-hydroxylation sites is 1.